The molecule has 0 aromatic heterocycles. The van der Waals surface area contributed by atoms with Gasteiger partial charge in [-0.05, 0) is 99.3 Å². The van der Waals surface area contributed by atoms with Crippen LogP contribution in [-0.4, -0.2) is 12.6 Å². The number of hydrogen-bond acceptors (Lipinski definition) is 2. The second kappa shape index (κ2) is 7.35. The average molecular weight is 345 g/mol. The maximum atomic E-state index is 6.76. The minimum atomic E-state index is 0.393. The third kappa shape index (κ3) is 4.16. The van der Waals surface area contributed by atoms with Gasteiger partial charge in [0.2, 0.25) is 0 Å². The zero-order valence-electron chi connectivity index (χ0n) is 16.4. The van der Waals surface area contributed by atoms with Crippen LogP contribution < -0.4 is 11.5 Å². The van der Waals surface area contributed by atoms with Crippen LogP contribution in [0, 0.1) is 35.0 Å². The van der Waals surface area contributed by atoms with Crippen molar-refractivity contribution >= 4 is 0 Å². The standard InChI is InChI=1S/C23H40N2/c1-23(12-17-3-2-4-18(8-17)13-23)14-22(25)11-20-6-5-16-7-19(15-24)10-21(20)9-16/h10,16-20,22H,2-9,11-15,24-25H2,1H3. The summed E-state index contributed by atoms with van der Waals surface area (Å²) < 4.78 is 0. The molecule has 4 aliphatic rings. The van der Waals surface area contributed by atoms with Crippen molar-refractivity contribution in [1.29, 1.82) is 0 Å². The summed E-state index contributed by atoms with van der Waals surface area (Å²) >= 11 is 0. The topological polar surface area (TPSA) is 52.0 Å². The molecule has 0 heterocycles. The monoisotopic (exact) mass is 344 g/mol. The first-order valence-electron chi connectivity index (χ1n) is 11.2. The van der Waals surface area contributed by atoms with Crippen LogP contribution in [0.1, 0.15) is 84.0 Å². The van der Waals surface area contributed by atoms with Gasteiger partial charge in [0.25, 0.3) is 0 Å². The zero-order chi connectivity index (χ0) is 17.4. The van der Waals surface area contributed by atoms with Crippen LogP contribution in [0.25, 0.3) is 0 Å². The highest BCUT2D eigenvalue weighted by atomic mass is 14.7. The van der Waals surface area contributed by atoms with Crippen molar-refractivity contribution in [2.45, 2.75) is 90.0 Å². The van der Waals surface area contributed by atoms with Gasteiger partial charge in [-0.1, -0.05) is 37.8 Å². The Hall–Kier alpha value is -0.340. The number of nitrogens with two attached hydrogens (primary N) is 2. The lowest BCUT2D eigenvalue weighted by Crippen LogP contribution is -2.39. The van der Waals surface area contributed by atoms with Crippen molar-refractivity contribution in [3.8, 4) is 0 Å². The fourth-order valence-electron chi connectivity index (χ4n) is 7.36. The molecule has 25 heavy (non-hydrogen) atoms. The molecular formula is C23H40N2. The van der Waals surface area contributed by atoms with Crippen LogP contribution in [0.3, 0.4) is 0 Å². The Kier molecular flexibility index (Phi) is 5.30. The maximum absolute atomic E-state index is 6.76. The molecule has 4 N–H and O–H groups in total. The molecular weight excluding hydrogens is 304 g/mol. The summed E-state index contributed by atoms with van der Waals surface area (Å²) in [5.74, 6) is 4.32. The molecule has 142 valence electrons. The van der Waals surface area contributed by atoms with Gasteiger partial charge in [0, 0.05) is 6.04 Å². The van der Waals surface area contributed by atoms with E-state index in [1.165, 1.54) is 77.0 Å². The van der Waals surface area contributed by atoms with Crippen LogP contribution in [-0.2, 0) is 0 Å². The van der Waals surface area contributed by atoms with Crippen molar-refractivity contribution in [3.63, 3.8) is 0 Å². The van der Waals surface area contributed by atoms with Gasteiger partial charge in [0.05, 0.1) is 0 Å². The van der Waals surface area contributed by atoms with E-state index in [0.717, 1.165) is 30.2 Å². The molecule has 0 spiro atoms. The third-order valence-corrected chi connectivity index (χ3v) is 8.16. The van der Waals surface area contributed by atoms with Gasteiger partial charge in [-0.25, -0.2) is 0 Å². The summed E-state index contributed by atoms with van der Waals surface area (Å²) in [6.07, 6.45) is 19.3. The SMILES string of the molecule is CC1(CC(N)CC2CCC3CC2=CC(CN)C3)CC2CCCC(C2)C1. The molecule has 0 aliphatic heterocycles. The molecule has 0 aromatic rings. The number of hydrogen-bond donors (Lipinski definition) is 2. The Bertz CT molecular complexity index is 484. The lowest BCUT2D eigenvalue weighted by molar-refractivity contribution is 0.0546. The Balaban J connectivity index is 1.35. The second-order valence-corrected chi connectivity index (χ2v) is 10.6. The van der Waals surface area contributed by atoms with Gasteiger partial charge >= 0.3 is 0 Å². The lowest BCUT2D eigenvalue weighted by atomic mass is 9.59. The lowest BCUT2D eigenvalue weighted by Gasteiger charge is -2.47. The van der Waals surface area contributed by atoms with Gasteiger partial charge in [-0.3, -0.25) is 0 Å². The van der Waals surface area contributed by atoms with Gasteiger partial charge in [0.15, 0.2) is 0 Å². The van der Waals surface area contributed by atoms with E-state index in [-0.39, 0.29) is 0 Å². The number of allylic oxidation sites excluding steroid dienone is 1. The predicted octanol–water partition coefficient (Wildman–Crippen LogP) is 5.02. The van der Waals surface area contributed by atoms with Gasteiger partial charge in [-0.15, -0.1) is 0 Å². The van der Waals surface area contributed by atoms with Crippen LogP contribution >= 0.6 is 0 Å². The largest absolute Gasteiger partial charge is 0.330 e. The average Bonchev–Trinajstić information content (AvgIpc) is 2.56. The highest BCUT2D eigenvalue weighted by Crippen LogP contribution is 2.51. The van der Waals surface area contributed by atoms with E-state index in [0.29, 0.717) is 17.4 Å². The highest BCUT2D eigenvalue weighted by molar-refractivity contribution is 5.17. The zero-order valence-corrected chi connectivity index (χ0v) is 16.4. The molecule has 4 rings (SSSR count). The molecule has 0 aromatic carbocycles. The fraction of sp³-hybridized carbons (Fsp3) is 0.913. The molecule has 0 amide bonds. The molecule has 2 heteroatoms. The highest BCUT2D eigenvalue weighted by Gasteiger charge is 2.40. The van der Waals surface area contributed by atoms with E-state index in [1.807, 2.05) is 0 Å². The second-order valence-electron chi connectivity index (χ2n) is 10.6. The first-order chi connectivity index (χ1) is 12.0. The van der Waals surface area contributed by atoms with Crippen molar-refractivity contribution < 1.29 is 0 Å². The van der Waals surface area contributed by atoms with Gasteiger partial charge in [-0.2, -0.15) is 0 Å². The fourth-order valence-corrected chi connectivity index (χ4v) is 7.36. The molecule has 6 atom stereocenters. The summed E-state index contributed by atoms with van der Waals surface area (Å²) in [4.78, 5) is 0. The first-order valence-corrected chi connectivity index (χ1v) is 11.2. The minimum Gasteiger partial charge on any atom is -0.330 e. The first kappa shape index (κ1) is 18.0. The quantitative estimate of drug-likeness (QED) is 0.688. The molecule has 2 nitrogen and oxygen atoms in total. The Morgan fingerprint density at radius 1 is 1.08 bits per heavy atom. The van der Waals surface area contributed by atoms with Crippen LogP contribution in [0.2, 0.25) is 0 Å². The Morgan fingerprint density at radius 2 is 1.84 bits per heavy atom. The smallest absolute Gasteiger partial charge is 0.00497 e. The van der Waals surface area contributed by atoms with Crippen LogP contribution in [0.4, 0.5) is 0 Å². The predicted molar refractivity (Wildman–Crippen MR) is 106 cm³/mol. The van der Waals surface area contributed by atoms with Crippen LogP contribution in [0.15, 0.2) is 11.6 Å². The van der Waals surface area contributed by atoms with E-state index in [4.69, 9.17) is 11.5 Å². The minimum absolute atomic E-state index is 0.393. The Morgan fingerprint density at radius 3 is 2.56 bits per heavy atom. The summed E-state index contributed by atoms with van der Waals surface area (Å²) in [6, 6.07) is 0.393. The summed E-state index contributed by atoms with van der Waals surface area (Å²) in [6.45, 7) is 3.39. The summed E-state index contributed by atoms with van der Waals surface area (Å²) in [5, 5.41) is 0. The van der Waals surface area contributed by atoms with Crippen molar-refractivity contribution in [2.24, 2.45) is 46.5 Å². The number of rotatable bonds is 5. The molecule has 3 fully saturated rings. The third-order valence-electron chi connectivity index (χ3n) is 8.16. The number of fused-ring (bicyclic) bond motifs is 4. The Labute approximate surface area is 155 Å². The van der Waals surface area contributed by atoms with E-state index < -0.39 is 0 Å². The summed E-state index contributed by atoms with van der Waals surface area (Å²) in [5.41, 5.74) is 15.0. The molecule has 0 saturated heterocycles. The molecule has 0 radical (unpaired) electrons. The maximum Gasteiger partial charge on any atom is 0.00497 e. The summed E-state index contributed by atoms with van der Waals surface area (Å²) in [7, 11) is 0. The van der Waals surface area contributed by atoms with E-state index >= 15 is 0 Å². The molecule has 4 bridgehead atoms. The van der Waals surface area contributed by atoms with Crippen molar-refractivity contribution in [1.82, 2.24) is 0 Å². The van der Waals surface area contributed by atoms with Gasteiger partial charge < -0.3 is 11.5 Å². The van der Waals surface area contributed by atoms with Gasteiger partial charge in [0.1, 0.15) is 0 Å². The van der Waals surface area contributed by atoms with Crippen LogP contribution in [0.5, 0.6) is 0 Å². The van der Waals surface area contributed by atoms with E-state index in [1.54, 1.807) is 5.57 Å². The van der Waals surface area contributed by atoms with E-state index in [9.17, 15) is 0 Å². The normalized spacial score (nSPS) is 44.9. The van der Waals surface area contributed by atoms with Crippen molar-refractivity contribution in [3.05, 3.63) is 11.6 Å². The molecule has 4 aliphatic carbocycles. The molecule has 6 unspecified atom stereocenters. The van der Waals surface area contributed by atoms with Crippen molar-refractivity contribution in [2.75, 3.05) is 6.54 Å². The molecule has 3 saturated carbocycles. The van der Waals surface area contributed by atoms with E-state index in [2.05, 4.69) is 13.0 Å².